The van der Waals surface area contributed by atoms with Crippen LogP contribution in [-0.4, -0.2) is 244 Å². The summed E-state index contributed by atoms with van der Waals surface area (Å²) in [5.74, 6) is 0.0381. The second kappa shape index (κ2) is 43.8. The predicted octanol–water partition coefficient (Wildman–Crippen LogP) is -0.800. The van der Waals surface area contributed by atoms with Crippen molar-refractivity contribution < 1.29 is 130 Å². The molecule has 14 unspecified atom stereocenters. The quantitative estimate of drug-likeness (QED) is 0.0172. The van der Waals surface area contributed by atoms with E-state index in [9.17, 15) is 48.1 Å². The fourth-order valence-corrected chi connectivity index (χ4v) is 27.0. The molecule has 13 N–H and O–H groups in total. The molecule has 0 bridgehead atoms. The summed E-state index contributed by atoms with van der Waals surface area (Å²) in [4.78, 5) is 209. The average molecular weight is 2300 g/mol. The number of imidazole rings is 4. The minimum atomic E-state index is -5.00. The lowest BCUT2D eigenvalue weighted by molar-refractivity contribution is -0.220. The first-order chi connectivity index (χ1) is 69.1. The van der Waals surface area contributed by atoms with Crippen molar-refractivity contribution in [1.82, 2.24) is 107 Å². The Labute approximate surface area is 857 Å². The molecule has 146 heavy (non-hydrogen) atoms. The van der Waals surface area contributed by atoms with Crippen LogP contribution in [0.15, 0.2) is 93.2 Å². The summed E-state index contributed by atoms with van der Waals surface area (Å²) in [5, 5.41) is 0. The molecule has 0 amide bonds. The second-order valence-corrected chi connectivity index (χ2v) is 53.0. The van der Waals surface area contributed by atoms with Crippen molar-refractivity contribution in [1.29, 1.82) is 0 Å². The van der Waals surface area contributed by atoms with Crippen molar-refractivity contribution in [2.45, 2.75) is 208 Å². The summed E-state index contributed by atoms with van der Waals surface area (Å²) >= 11 is 38.4. The maximum absolute atomic E-state index is 15.1. The van der Waals surface area contributed by atoms with Gasteiger partial charge in [-0.05, 0) is 39.0 Å². The molecule has 7 fully saturated rings. The molecule has 0 spiro atoms. The number of hydrogen-bond donors (Lipinski definition) is 8. The molecule has 11 aromatic heterocycles. The van der Waals surface area contributed by atoms with Crippen molar-refractivity contribution in [2.75, 3.05) is 75.4 Å². The van der Waals surface area contributed by atoms with Crippen LogP contribution < -0.4 is 81.3 Å². The van der Waals surface area contributed by atoms with E-state index in [4.69, 9.17) is 208 Å². The lowest BCUT2D eigenvalue weighted by atomic mass is 10.1. The molecular weight excluding hydrogens is 2210 g/mol. The zero-order chi connectivity index (χ0) is 104. The van der Waals surface area contributed by atoms with Crippen LogP contribution in [0, 0.1) is 20.8 Å². The highest BCUT2D eigenvalue weighted by Crippen LogP contribution is 2.58. The van der Waals surface area contributed by atoms with E-state index in [2.05, 4.69) is 74.8 Å². The smallest absolute Gasteiger partial charge is 0.351 e. The van der Waals surface area contributed by atoms with E-state index in [1.165, 1.54) is 84.1 Å². The zero-order valence-electron chi connectivity index (χ0n) is 76.2. The van der Waals surface area contributed by atoms with Gasteiger partial charge in [0.25, 0.3) is 11.1 Å². The Morgan fingerprint density at radius 1 is 0.377 bits per heavy atom. The lowest BCUT2D eigenvalue weighted by Gasteiger charge is -2.36. The third-order valence-electron chi connectivity index (χ3n) is 24.3. The number of aromatic amines is 2. The molecule has 0 aliphatic carbocycles. The Balaban J connectivity index is 0.557. The largest absolute Gasteiger partial charge is 0.780 e. The fraction of sp³-hybridized carbons (Fsp3) is 0.556. The number of H-pyrrole nitrogens is 2. The van der Waals surface area contributed by atoms with Crippen molar-refractivity contribution in [3.8, 4) is 0 Å². The van der Waals surface area contributed by atoms with Gasteiger partial charge in [0.2, 0.25) is 0 Å². The molecule has 0 saturated carbocycles. The van der Waals surface area contributed by atoms with Gasteiger partial charge in [-0.1, -0.05) is 66.0 Å². The van der Waals surface area contributed by atoms with Crippen molar-refractivity contribution in [3.05, 3.63) is 138 Å². The molecule has 0 aromatic carbocycles. The van der Waals surface area contributed by atoms with Gasteiger partial charge in [0.15, 0.2) is 52.7 Å². The van der Waals surface area contributed by atoms with Gasteiger partial charge in [-0.15, -0.1) is 0 Å². The number of aromatic nitrogens is 22. The summed E-state index contributed by atoms with van der Waals surface area (Å²) in [5.41, 5.74) is 28.4. The van der Waals surface area contributed by atoms with Crippen LogP contribution in [0.3, 0.4) is 0 Å². The van der Waals surface area contributed by atoms with Gasteiger partial charge >= 0.3 is 23.8 Å². The number of fused-ring (bicyclic) bond motifs is 4. The zero-order valence-corrected chi connectivity index (χ0v) is 88.2. The minimum Gasteiger partial charge on any atom is -0.780 e. The van der Waals surface area contributed by atoms with Crippen LogP contribution in [-0.2, 0) is 184 Å². The summed E-state index contributed by atoms with van der Waals surface area (Å²) < 4.78 is 151. The normalized spacial score (nSPS) is 29.5. The highest BCUT2D eigenvalue weighted by atomic mass is 32.7. The number of ether oxygens (including phenoxy) is 7. The molecule has 74 heteroatoms. The van der Waals surface area contributed by atoms with E-state index in [1.54, 1.807) is 18.4 Å². The number of rotatable bonds is 41. The Morgan fingerprint density at radius 3 is 0.966 bits per heavy atom. The topological polar surface area (TPSA) is 796 Å². The number of nitrogens with one attached hydrogen (secondary N) is 2. The molecule has 18 heterocycles. The van der Waals surface area contributed by atoms with Crippen LogP contribution in [0.5, 0.6) is 0 Å². The van der Waals surface area contributed by atoms with Crippen LogP contribution in [0.2, 0.25) is 0 Å². The van der Waals surface area contributed by atoms with Crippen LogP contribution >= 0.6 is 47.1 Å². The van der Waals surface area contributed by atoms with E-state index in [1.807, 2.05) is 0 Å². The predicted molar refractivity (Wildman–Crippen MR) is 518 cm³/mol. The van der Waals surface area contributed by atoms with Crippen molar-refractivity contribution >= 4 is 204 Å². The molecular formula is C72H88N27O33P7S7-6. The molecule has 7 saturated heterocycles. The number of nitrogens with zero attached hydrogens (tertiary/aromatic N) is 20. The molecule has 11 aromatic rings. The first kappa shape index (κ1) is 109. The third kappa shape index (κ3) is 24.5. The Bertz CT molecular complexity index is 7470. The average Bonchev–Trinajstić information content (AvgIpc) is 1.63. The molecule has 792 valence electrons. The van der Waals surface area contributed by atoms with Gasteiger partial charge in [0.1, 0.15) is 167 Å². The molecule has 28 atom stereocenters. The van der Waals surface area contributed by atoms with Gasteiger partial charge in [0, 0.05) is 87.3 Å². The summed E-state index contributed by atoms with van der Waals surface area (Å²) in [6, 6.07) is 0. The van der Waals surface area contributed by atoms with E-state index >= 15 is 9.79 Å². The Hall–Kier alpha value is -7.16. The van der Waals surface area contributed by atoms with E-state index in [0.717, 1.165) is 33.5 Å². The van der Waals surface area contributed by atoms with E-state index in [0.29, 0.717) is 23.1 Å². The van der Waals surface area contributed by atoms with E-state index < -0.39 is 250 Å². The SMILES string of the molecule is CC[C@H]1O[C@@H](n2cnc3c(N)ncnc32)CC1OP([O-])(=S)OC[C@H]1O[C@@H](n2cc(C)c(N)nc2=O)CC1OP(=O)([S-])OC[C@H]1O[C@@H](n2cc(C)c(=O)[nH]c2=O)CC1OP([O-])(=S)OC[C@H]1O[C@@H](n2cnc3c(N)ncnc32)CC1OP([O-])(=S)OC[C@H]1O[C@@H](n2cnc3c(N)ncnc32)CC1OP(O)(=S)OC[C@H]1O[C@@H](n2cc(C)c(=O)[nH]c2=O)CC1OP([O-])(=S)OC[C@H]1O[C@@H](n2cnc3c(N)ncnc32)CC1OP([O-])(=S)OC. The van der Waals surface area contributed by atoms with Crippen LogP contribution in [0.1, 0.15) is 119 Å². The maximum atomic E-state index is 15.1. The number of aryl methyl sites for hydroxylation is 3. The number of hydrogen-bond acceptors (Lipinski definition) is 57. The summed E-state index contributed by atoms with van der Waals surface area (Å²) in [6.07, 6.45) is -14.4. The van der Waals surface area contributed by atoms with Crippen molar-refractivity contribution in [3.63, 3.8) is 0 Å². The number of nitrogens with two attached hydrogens (primary N) is 5. The molecule has 60 nitrogen and oxygen atoms in total. The summed E-state index contributed by atoms with van der Waals surface area (Å²) in [7, 11) is 1.07. The third-order valence-corrected chi connectivity index (χ3v) is 35.4. The highest BCUT2D eigenvalue weighted by Gasteiger charge is 2.50. The first-order valence-electron chi connectivity index (χ1n) is 43.8. The molecule has 7 aliphatic heterocycles. The van der Waals surface area contributed by atoms with Gasteiger partial charge < -0.3 is 167 Å². The Kier molecular flexibility index (Phi) is 32.6. The second-order valence-electron chi connectivity index (χ2n) is 33.9. The van der Waals surface area contributed by atoms with Gasteiger partial charge in [-0.2, -0.15) is 4.98 Å². The van der Waals surface area contributed by atoms with Gasteiger partial charge in [0.05, 0.1) is 114 Å². The van der Waals surface area contributed by atoms with Crippen LogP contribution in [0.25, 0.3) is 44.7 Å². The summed E-state index contributed by atoms with van der Waals surface area (Å²) in [6.45, 7) is -31.7. The Morgan fingerprint density at radius 2 is 0.644 bits per heavy atom. The number of nitrogen functional groups attached to an aromatic ring is 5. The van der Waals surface area contributed by atoms with Gasteiger partial charge in [-0.25, -0.2) is 74.2 Å². The fourth-order valence-electron chi connectivity index (χ4n) is 17.2. The monoisotopic (exact) mass is 2300 g/mol. The molecule has 0 radical (unpaired) electrons. The van der Waals surface area contributed by atoms with Gasteiger partial charge in [-0.3, -0.25) is 56.1 Å². The lowest BCUT2D eigenvalue weighted by Crippen LogP contribution is -2.34. The first-order valence-corrected chi connectivity index (χ1v) is 61.7. The van der Waals surface area contributed by atoms with E-state index in [-0.39, 0.29) is 112 Å². The van der Waals surface area contributed by atoms with Crippen molar-refractivity contribution in [2.24, 2.45) is 0 Å². The highest BCUT2D eigenvalue weighted by molar-refractivity contribution is 8.32. The molecule has 18 rings (SSSR count). The number of anilines is 5. The maximum Gasteiger partial charge on any atom is 0.351 e. The molecule has 7 aliphatic rings. The minimum absolute atomic E-state index is 0.0217. The standard InChI is InChI=1S/C72H94N27O33P7S7/c1-6-34-35(7-51(119-34)96-27-86-55-60(74)78-23-82-64(55)96)127-134(106,141)113-18-43-37(8-48(120-43)93-14-31(2)59(73)90-70(93)102)128-136(108,143)115-19-44-39(10-50(121-44)95-16-33(4)69(101)92-72(95)104)130-137(109,144)117-21-46-41(13-54(124-46)99-30-89-58-63(77)81-26-85-67(58)99)132-139(111,146)118-22-47-40(12-53(125-47)98-29-88-57-62(76)80-25-84-66(57)98)131-138(110,145)116-20-45-38(9-49(122-45)94-15-32(3)68(100)91-71(94)103)129-135(107,142)114-17-42-36(126-133(105,140)112-5)11-52(123-42)97-28-87-56-61(75)79-24-83-65(56)97/h14-16,23-30,34-54H,6-13,17-22H2,1-5H3,(H,105,140)(H,106,141)(H,107,142)(H,108,143)(H,109,144)(H,110,145)(H,111,146)(H2,73,90,102)(H2,74,78,82)(H2,75,79,83)(H2,76,80,84)(H2,77,81,85)(H,91,100,103)(H,92,101,104)/p-6/t34-,35?,36?,37?,38?,39?,40?,41?,42-,43-,44-,45-,46-,47-,48-,49-,50-,51-,52-,53-,54-,133?,134?,135?,136?,137?,138?,139?/m1/s1. The van der Waals surface area contributed by atoms with Crippen LogP contribution in [0.4, 0.5) is 29.1 Å².